The number of aliphatic hydroxyl groups is 2. The number of hydrogen-bond donors (Lipinski definition) is 4. The standard InChI is InChI=1S/C41H64ClN4O10P/c1-4-5-6-7-8-9-10-11-12-13-14-15-16-17-18-19-24-52-27-31(53-26-30-20-22-34(51-3)32(42)25-30)28-54-57(49,50)56-37-36-41(37,48)39(47)40(2,55-36)35-23-21-33-38(43)44-29-45-46(33)35/h20-23,25,29,31,36-37,39,47-48H,4-19,24,26-28H2,1-3H3,(H,49,50)(H2,43,44,45)/t31-,36-,37?,39+,40+,41+/m1/s1. The van der Waals surface area contributed by atoms with Crippen LogP contribution in [0.3, 0.4) is 0 Å². The molecule has 2 unspecified atom stereocenters. The zero-order valence-corrected chi connectivity index (χ0v) is 35.5. The van der Waals surface area contributed by atoms with Crippen LogP contribution in [0.5, 0.6) is 5.75 Å². The summed E-state index contributed by atoms with van der Waals surface area (Å²) in [4.78, 5) is 14.7. The van der Waals surface area contributed by atoms with E-state index in [9.17, 15) is 19.7 Å². The number of halogens is 1. The van der Waals surface area contributed by atoms with Gasteiger partial charge in [-0.1, -0.05) is 121 Å². The SMILES string of the molecule is CCCCCCCCCCCCCCCCCCOC[C@H](COP(=O)(O)OC1[C@H]2O[C@@](C)(c3ccc4c(N)ncnn34)[C@H](O)[C@@]12O)OCc1ccc(OC)c(Cl)c1. The fraction of sp³-hybridized carbons (Fsp3) is 0.707. The lowest BCUT2D eigenvalue weighted by Crippen LogP contribution is -2.46. The predicted molar refractivity (Wildman–Crippen MR) is 218 cm³/mol. The third-order valence-electron chi connectivity index (χ3n) is 11.2. The Labute approximate surface area is 342 Å². The number of fused-ring (bicyclic) bond motifs is 2. The molecule has 5 rings (SSSR count). The Morgan fingerprint density at radius 3 is 2.18 bits per heavy atom. The molecule has 5 N–H and O–H groups in total. The van der Waals surface area contributed by atoms with Gasteiger partial charge in [-0.05, 0) is 43.2 Å². The van der Waals surface area contributed by atoms with Crippen molar-refractivity contribution in [2.75, 3.05) is 32.7 Å². The van der Waals surface area contributed by atoms with Crippen molar-refractivity contribution in [3.05, 3.63) is 52.9 Å². The smallest absolute Gasteiger partial charge is 0.472 e. The Morgan fingerprint density at radius 1 is 0.965 bits per heavy atom. The molecule has 57 heavy (non-hydrogen) atoms. The lowest BCUT2D eigenvalue weighted by Gasteiger charge is -2.32. The quantitative estimate of drug-likeness (QED) is 0.0389. The minimum absolute atomic E-state index is 0.109. The molecule has 2 fully saturated rings. The molecule has 0 radical (unpaired) electrons. The third kappa shape index (κ3) is 12.1. The summed E-state index contributed by atoms with van der Waals surface area (Å²) in [6, 6.07) is 8.60. The van der Waals surface area contributed by atoms with Crippen LogP contribution in [0.4, 0.5) is 5.82 Å². The van der Waals surface area contributed by atoms with Crippen molar-refractivity contribution in [1.82, 2.24) is 14.6 Å². The fourth-order valence-electron chi connectivity index (χ4n) is 7.71. The molecule has 1 aromatic carbocycles. The van der Waals surface area contributed by atoms with Gasteiger partial charge >= 0.3 is 7.82 Å². The van der Waals surface area contributed by atoms with Crippen molar-refractivity contribution < 1.29 is 47.7 Å². The second-order valence-electron chi connectivity index (χ2n) is 15.7. The molecule has 14 nitrogen and oxygen atoms in total. The summed E-state index contributed by atoms with van der Waals surface area (Å²) < 4.78 is 48.7. The number of nitrogen functional groups attached to an aromatic ring is 1. The fourth-order valence-corrected chi connectivity index (χ4v) is 8.98. The van der Waals surface area contributed by atoms with Crippen molar-refractivity contribution in [2.24, 2.45) is 0 Å². The van der Waals surface area contributed by atoms with Crippen LogP contribution < -0.4 is 10.5 Å². The summed E-state index contributed by atoms with van der Waals surface area (Å²) in [5, 5.41) is 27.3. The molecular weight excluding hydrogens is 775 g/mol. The van der Waals surface area contributed by atoms with E-state index in [4.69, 9.17) is 45.3 Å². The van der Waals surface area contributed by atoms with Crippen LogP contribution in [-0.4, -0.2) is 86.7 Å². The number of rotatable bonds is 29. The van der Waals surface area contributed by atoms with Crippen LogP contribution in [0.25, 0.3) is 5.52 Å². The number of hydrogen-bond acceptors (Lipinski definition) is 12. The number of ether oxygens (including phenoxy) is 4. The molecule has 0 amide bonds. The number of phosphoric ester groups is 1. The molecule has 0 spiro atoms. The summed E-state index contributed by atoms with van der Waals surface area (Å²) in [5.74, 6) is 0.763. The summed E-state index contributed by atoms with van der Waals surface area (Å²) in [5.41, 5.74) is 4.24. The van der Waals surface area contributed by atoms with E-state index < -0.39 is 43.4 Å². The van der Waals surface area contributed by atoms with Gasteiger partial charge in [0.05, 0.1) is 37.6 Å². The highest BCUT2D eigenvalue weighted by Gasteiger charge is 2.82. The zero-order valence-electron chi connectivity index (χ0n) is 33.9. The summed E-state index contributed by atoms with van der Waals surface area (Å²) >= 11 is 6.30. The molecule has 1 saturated carbocycles. The first-order valence-electron chi connectivity index (χ1n) is 20.8. The molecular formula is C41H64ClN4O10P. The Bertz CT molecular complexity index is 1740. The van der Waals surface area contributed by atoms with Crippen LogP contribution in [0.15, 0.2) is 36.7 Å². The molecule has 3 aromatic rings. The van der Waals surface area contributed by atoms with E-state index in [1.807, 2.05) is 6.07 Å². The number of anilines is 1. The zero-order chi connectivity index (χ0) is 40.9. The molecule has 7 atom stereocenters. The van der Waals surface area contributed by atoms with Gasteiger partial charge in [-0.3, -0.25) is 9.05 Å². The normalized spacial score (nSPS) is 24.4. The number of benzene rings is 1. The molecule has 1 aliphatic carbocycles. The molecule has 3 heterocycles. The summed E-state index contributed by atoms with van der Waals surface area (Å²) in [6.45, 7) is 4.26. The number of nitrogens with zero attached hydrogens (tertiary/aromatic N) is 3. The number of phosphoric acid groups is 1. The molecule has 16 heteroatoms. The van der Waals surface area contributed by atoms with E-state index in [2.05, 4.69) is 17.0 Å². The third-order valence-corrected chi connectivity index (χ3v) is 12.5. The topological polar surface area (TPSA) is 189 Å². The van der Waals surface area contributed by atoms with Crippen molar-refractivity contribution in [1.29, 1.82) is 0 Å². The summed E-state index contributed by atoms with van der Waals surface area (Å²) in [7, 11) is -3.24. The molecule has 1 saturated heterocycles. The van der Waals surface area contributed by atoms with Gasteiger partial charge in [0.25, 0.3) is 0 Å². The molecule has 320 valence electrons. The van der Waals surface area contributed by atoms with Crippen molar-refractivity contribution in [2.45, 2.75) is 159 Å². The second kappa shape index (κ2) is 21.8. The molecule has 0 bridgehead atoms. The Kier molecular flexibility index (Phi) is 17.5. The van der Waals surface area contributed by atoms with Crippen LogP contribution in [0, 0.1) is 0 Å². The first kappa shape index (κ1) is 45.7. The van der Waals surface area contributed by atoms with Crippen LogP contribution in [0.1, 0.15) is 128 Å². The van der Waals surface area contributed by atoms with Crippen LogP contribution >= 0.6 is 19.4 Å². The first-order valence-corrected chi connectivity index (χ1v) is 22.7. The van der Waals surface area contributed by atoms with E-state index in [1.165, 1.54) is 101 Å². The minimum Gasteiger partial charge on any atom is -0.495 e. The minimum atomic E-state index is -4.77. The van der Waals surface area contributed by atoms with Gasteiger partial charge < -0.3 is 39.8 Å². The van der Waals surface area contributed by atoms with Gasteiger partial charge in [0, 0.05) is 6.61 Å². The van der Waals surface area contributed by atoms with E-state index >= 15 is 0 Å². The average molecular weight is 839 g/mol. The van der Waals surface area contributed by atoms with Crippen molar-refractivity contribution >= 4 is 30.8 Å². The summed E-state index contributed by atoms with van der Waals surface area (Å²) in [6.07, 6.45) is 17.1. The highest BCUT2D eigenvalue weighted by Crippen LogP contribution is 2.63. The van der Waals surface area contributed by atoms with Gasteiger partial charge in [-0.25, -0.2) is 14.1 Å². The Balaban J connectivity index is 1.03. The van der Waals surface area contributed by atoms with Crippen molar-refractivity contribution in [3.8, 4) is 5.75 Å². The molecule has 1 aliphatic heterocycles. The average Bonchev–Trinajstić information content (AvgIpc) is 3.43. The van der Waals surface area contributed by atoms with Crippen LogP contribution in [0.2, 0.25) is 5.02 Å². The predicted octanol–water partition coefficient (Wildman–Crippen LogP) is 8.06. The van der Waals surface area contributed by atoms with E-state index in [0.717, 1.165) is 24.8 Å². The number of unbranched alkanes of at least 4 members (excludes halogenated alkanes) is 15. The Morgan fingerprint density at radius 2 is 1.60 bits per heavy atom. The largest absolute Gasteiger partial charge is 0.495 e. The van der Waals surface area contributed by atoms with Crippen molar-refractivity contribution in [3.63, 3.8) is 0 Å². The number of aromatic nitrogens is 3. The van der Waals surface area contributed by atoms with E-state index in [1.54, 1.807) is 31.2 Å². The van der Waals surface area contributed by atoms with E-state index in [0.29, 0.717) is 28.6 Å². The monoisotopic (exact) mass is 838 g/mol. The Hall–Kier alpha value is -2.36. The number of methoxy groups -OCH3 is 1. The van der Waals surface area contributed by atoms with Gasteiger partial charge in [0.15, 0.2) is 11.4 Å². The van der Waals surface area contributed by atoms with Gasteiger partial charge in [-0.2, -0.15) is 5.10 Å². The maximum Gasteiger partial charge on any atom is 0.472 e. The lowest BCUT2D eigenvalue weighted by atomic mass is 9.91. The second-order valence-corrected chi connectivity index (χ2v) is 17.5. The number of nitrogens with two attached hydrogens (primary N) is 1. The maximum absolute atomic E-state index is 13.2. The molecule has 2 aromatic heterocycles. The maximum atomic E-state index is 13.2. The lowest BCUT2D eigenvalue weighted by molar-refractivity contribution is -0.127. The number of aliphatic hydroxyl groups excluding tert-OH is 1. The van der Waals surface area contributed by atoms with Gasteiger partial charge in [0.1, 0.15) is 47.6 Å². The van der Waals surface area contributed by atoms with Crippen LogP contribution in [-0.2, 0) is 40.0 Å². The van der Waals surface area contributed by atoms with E-state index in [-0.39, 0.29) is 25.6 Å². The highest BCUT2D eigenvalue weighted by molar-refractivity contribution is 7.47. The molecule has 2 aliphatic rings. The highest BCUT2D eigenvalue weighted by atomic mass is 35.5. The first-order chi connectivity index (χ1) is 27.4. The van der Waals surface area contributed by atoms with Gasteiger partial charge in [0.2, 0.25) is 0 Å². The van der Waals surface area contributed by atoms with Gasteiger partial charge in [-0.15, -0.1) is 0 Å².